The molecule has 0 fully saturated rings. The van der Waals surface area contributed by atoms with Gasteiger partial charge in [0.25, 0.3) is 11.8 Å². The molecule has 6 nitrogen and oxygen atoms in total. The molecule has 1 N–H and O–H groups in total. The molecule has 0 aliphatic carbocycles. The zero-order valence-electron chi connectivity index (χ0n) is 13.4. The maximum Gasteiger partial charge on any atom is 0.250 e. The van der Waals surface area contributed by atoms with Crippen LogP contribution in [0.25, 0.3) is 0 Å². The lowest BCUT2D eigenvalue weighted by atomic mass is 9.91. The molecule has 0 aromatic heterocycles. The number of allylic oxidation sites excluding steroid dienone is 2. The number of Topliss-reactive ketones (excluding diaryl/α,β-unsaturated/α-hetero) is 1. The largest absolute Gasteiger partial charge is 0.323 e. The van der Waals surface area contributed by atoms with Gasteiger partial charge in [0.2, 0.25) is 0 Å². The van der Waals surface area contributed by atoms with Gasteiger partial charge in [0.05, 0.1) is 12.1 Å². The van der Waals surface area contributed by atoms with Crippen LogP contribution in [0.3, 0.4) is 0 Å². The van der Waals surface area contributed by atoms with Crippen LogP contribution in [-0.4, -0.2) is 33.9 Å². The Hall–Kier alpha value is -3.02. The molecule has 1 aromatic rings. The van der Waals surface area contributed by atoms with E-state index < -0.39 is 5.54 Å². The van der Waals surface area contributed by atoms with Crippen LogP contribution in [0.2, 0.25) is 0 Å². The van der Waals surface area contributed by atoms with Crippen molar-refractivity contribution in [3.63, 3.8) is 0 Å². The monoisotopic (exact) mass is 323 g/mol. The second-order valence-electron chi connectivity index (χ2n) is 5.94. The highest BCUT2D eigenvalue weighted by Gasteiger charge is 2.45. The van der Waals surface area contributed by atoms with Gasteiger partial charge in [-0.1, -0.05) is 18.2 Å². The van der Waals surface area contributed by atoms with Crippen LogP contribution in [0.1, 0.15) is 30.6 Å². The summed E-state index contributed by atoms with van der Waals surface area (Å²) >= 11 is 0. The highest BCUT2D eigenvalue weighted by atomic mass is 16.2. The Morgan fingerprint density at radius 1 is 1.25 bits per heavy atom. The zero-order valence-corrected chi connectivity index (χ0v) is 13.4. The molecule has 0 saturated heterocycles. The first-order valence-corrected chi connectivity index (χ1v) is 7.59. The highest BCUT2D eigenvalue weighted by Crippen LogP contribution is 2.29. The Labute approximate surface area is 139 Å². The fraction of sp³-hybridized carbons (Fsp3) is 0.222. The van der Waals surface area contributed by atoms with Gasteiger partial charge in [-0.15, -0.1) is 0 Å². The number of rotatable bonds is 3. The van der Waals surface area contributed by atoms with Crippen molar-refractivity contribution in [1.29, 1.82) is 0 Å². The zero-order chi connectivity index (χ0) is 17.3. The number of ketones is 1. The minimum Gasteiger partial charge on any atom is -0.323 e. The predicted molar refractivity (Wildman–Crippen MR) is 90.7 cm³/mol. The molecule has 2 aliphatic heterocycles. The highest BCUT2D eigenvalue weighted by molar-refractivity contribution is 6.13. The maximum atomic E-state index is 12.9. The number of amides is 2. The van der Waals surface area contributed by atoms with Crippen LogP contribution < -0.4 is 5.32 Å². The SMILES string of the molecule is CC(=O)c1ccccc1NC(=O)C1(C)CC(=O)N=C2C=CC=CN21. The number of hydrogen-bond acceptors (Lipinski definition) is 4. The summed E-state index contributed by atoms with van der Waals surface area (Å²) in [5, 5.41) is 2.79. The summed E-state index contributed by atoms with van der Waals surface area (Å²) in [6.45, 7) is 3.13. The van der Waals surface area contributed by atoms with E-state index in [4.69, 9.17) is 0 Å². The third kappa shape index (κ3) is 2.67. The van der Waals surface area contributed by atoms with Crippen LogP contribution in [-0.2, 0) is 9.59 Å². The lowest BCUT2D eigenvalue weighted by Gasteiger charge is -2.41. The van der Waals surface area contributed by atoms with E-state index in [-0.39, 0.29) is 24.0 Å². The molecular weight excluding hydrogens is 306 g/mol. The van der Waals surface area contributed by atoms with Crippen molar-refractivity contribution in [3.05, 3.63) is 54.3 Å². The number of benzene rings is 1. The van der Waals surface area contributed by atoms with E-state index >= 15 is 0 Å². The predicted octanol–water partition coefficient (Wildman–Crippen LogP) is 2.30. The van der Waals surface area contributed by atoms with Gasteiger partial charge in [-0.3, -0.25) is 14.4 Å². The number of amidine groups is 1. The number of aliphatic imine (C=N–C) groups is 1. The third-order valence-corrected chi connectivity index (χ3v) is 4.15. The number of carbonyl (C=O) groups is 3. The summed E-state index contributed by atoms with van der Waals surface area (Å²) in [6, 6.07) is 6.81. The molecular formula is C18H17N3O3. The summed E-state index contributed by atoms with van der Waals surface area (Å²) in [5.74, 6) is -0.416. The lowest BCUT2D eigenvalue weighted by molar-refractivity contribution is -0.130. The van der Waals surface area contributed by atoms with Gasteiger partial charge in [-0.25, -0.2) is 0 Å². The van der Waals surface area contributed by atoms with Crippen molar-refractivity contribution < 1.29 is 14.4 Å². The average molecular weight is 323 g/mol. The molecule has 122 valence electrons. The number of nitrogens with zero attached hydrogens (tertiary/aromatic N) is 2. The van der Waals surface area contributed by atoms with E-state index in [1.54, 1.807) is 60.5 Å². The first kappa shape index (κ1) is 15.9. The van der Waals surface area contributed by atoms with Crippen molar-refractivity contribution in [1.82, 2.24) is 4.90 Å². The molecule has 2 heterocycles. The van der Waals surface area contributed by atoms with Gasteiger partial charge < -0.3 is 10.2 Å². The van der Waals surface area contributed by atoms with Crippen LogP contribution in [0, 0.1) is 0 Å². The molecule has 0 bridgehead atoms. The average Bonchev–Trinajstić information content (AvgIpc) is 2.55. The number of carbonyl (C=O) groups excluding carboxylic acids is 3. The maximum absolute atomic E-state index is 12.9. The summed E-state index contributed by atoms with van der Waals surface area (Å²) in [5.41, 5.74) is -0.247. The lowest BCUT2D eigenvalue weighted by Crippen LogP contribution is -2.58. The number of para-hydroxylation sites is 1. The number of nitrogens with one attached hydrogen (secondary N) is 1. The Morgan fingerprint density at radius 2 is 2.00 bits per heavy atom. The number of hydrogen-bond donors (Lipinski definition) is 1. The van der Waals surface area contributed by atoms with Crippen molar-refractivity contribution in [2.24, 2.45) is 4.99 Å². The summed E-state index contributed by atoms with van der Waals surface area (Å²) in [4.78, 5) is 42.3. The Balaban J connectivity index is 1.94. The first-order valence-electron chi connectivity index (χ1n) is 7.59. The molecule has 1 atom stereocenters. The van der Waals surface area contributed by atoms with Gasteiger partial charge in [0, 0.05) is 11.8 Å². The van der Waals surface area contributed by atoms with Crippen LogP contribution in [0.5, 0.6) is 0 Å². The standard InChI is InChI=1S/C18H17N3O3/c1-12(22)13-7-3-4-8-14(13)19-17(24)18(2)11-16(23)20-15-9-5-6-10-21(15)18/h3-10H,11H2,1-2H3,(H,19,24). The topological polar surface area (TPSA) is 78.8 Å². The van der Waals surface area contributed by atoms with E-state index in [9.17, 15) is 14.4 Å². The minimum atomic E-state index is -1.11. The molecule has 1 unspecified atom stereocenters. The van der Waals surface area contributed by atoms with Crippen LogP contribution in [0.4, 0.5) is 5.69 Å². The third-order valence-electron chi connectivity index (χ3n) is 4.15. The van der Waals surface area contributed by atoms with Crippen LogP contribution in [0.15, 0.2) is 53.7 Å². The second kappa shape index (κ2) is 5.88. The summed E-state index contributed by atoms with van der Waals surface area (Å²) in [7, 11) is 0. The Morgan fingerprint density at radius 3 is 2.75 bits per heavy atom. The van der Waals surface area contributed by atoms with E-state index in [1.165, 1.54) is 6.92 Å². The Kier molecular flexibility index (Phi) is 3.89. The van der Waals surface area contributed by atoms with Crippen molar-refractivity contribution in [2.75, 3.05) is 5.32 Å². The molecule has 0 spiro atoms. The van der Waals surface area contributed by atoms with E-state index in [1.807, 2.05) is 0 Å². The fourth-order valence-corrected chi connectivity index (χ4v) is 2.84. The Bertz CT molecular complexity index is 823. The molecule has 2 aliphatic rings. The van der Waals surface area contributed by atoms with Crippen molar-refractivity contribution >= 4 is 29.1 Å². The number of fused-ring (bicyclic) bond motifs is 1. The second-order valence-corrected chi connectivity index (χ2v) is 5.94. The van der Waals surface area contributed by atoms with Crippen LogP contribution >= 0.6 is 0 Å². The molecule has 24 heavy (non-hydrogen) atoms. The van der Waals surface area contributed by atoms with Gasteiger partial charge >= 0.3 is 0 Å². The number of anilines is 1. The van der Waals surface area contributed by atoms with Gasteiger partial charge in [-0.2, -0.15) is 4.99 Å². The summed E-state index contributed by atoms with van der Waals surface area (Å²) in [6.07, 6.45) is 6.91. The molecule has 0 saturated carbocycles. The molecule has 2 amide bonds. The van der Waals surface area contributed by atoms with Gasteiger partial charge in [0.15, 0.2) is 5.78 Å². The minimum absolute atomic E-state index is 0.0389. The van der Waals surface area contributed by atoms with Crippen molar-refractivity contribution in [3.8, 4) is 0 Å². The molecule has 0 radical (unpaired) electrons. The fourth-order valence-electron chi connectivity index (χ4n) is 2.84. The van der Waals surface area contributed by atoms with Gasteiger partial charge in [-0.05, 0) is 38.1 Å². The van der Waals surface area contributed by atoms with E-state index in [2.05, 4.69) is 10.3 Å². The molecule has 1 aromatic carbocycles. The first-order chi connectivity index (χ1) is 11.4. The summed E-state index contributed by atoms with van der Waals surface area (Å²) < 4.78 is 0. The normalized spacial score (nSPS) is 22.0. The van der Waals surface area contributed by atoms with Gasteiger partial charge in [0.1, 0.15) is 11.4 Å². The smallest absolute Gasteiger partial charge is 0.250 e. The van der Waals surface area contributed by atoms with E-state index in [0.29, 0.717) is 17.1 Å². The molecule has 3 rings (SSSR count). The molecule has 6 heteroatoms. The quantitative estimate of drug-likeness (QED) is 0.866. The van der Waals surface area contributed by atoms with E-state index in [0.717, 1.165) is 0 Å². The van der Waals surface area contributed by atoms with Crippen molar-refractivity contribution in [2.45, 2.75) is 25.8 Å².